The number of rotatable bonds is 18. The summed E-state index contributed by atoms with van der Waals surface area (Å²) in [6.45, 7) is 3.46. The summed E-state index contributed by atoms with van der Waals surface area (Å²) < 4.78 is 0. The van der Waals surface area contributed by atoms with E-state index in [2.05, 4.69) is 21.3 Å². The van der Waals surface area contributed by atoms with Gasteiger partial charge in [-0.3, -0.25) is 28.8 Å². The summed E-state index contributed by atoms with van der Waals surface area (Å²) in [6, 6.07) is 5.64. The Morgan fingerprint density at radius 3 is 2.23 bits per heavy atom. The molecule has 0 aliphatic carbocycles. The van der Waals surface area contributed by atoms with Crippen molar-refractivity contribution < 1.29 is 33.9 Å². The minimum Gasteiger partial charge on any atom is -0.480 e. The van der Waals surface area contributed by atoms with Crippen LogP contribution in [0.25, 0.3) is 0 Å². The van der Waals surface area contributed by atoms with Crippen LogP contribution in [0.5, 0.6) is 0 Å². The minimum atomic E-state index is -1.21. The standard InChI is InChI=1S/C30H47N7O7/c1-19(2)15-23(29(43)34-18-26(39)40)36-30(44)24-12-8-14-37(24)25(38)17-33-28(42)22(11-6-7-13-31)35-27(41)21(32)16-20-9-4-3-5-10-20/h3-5,9-10,19,21-24H,6-8,11-18,31-32H2,1-2H3,(H,33,42)(H,34,43)(H,35,41)(H,36,44)(H,39,40)/t21-,22-,23-,24-/m0/s1. The first-order chi connectivity index (χ1) is 20.9. The number of carbonyl (C=O) groups is 6. The quantitative estimate of drug-likeness (QED) is 0.100. The van der Waals surface area contributed by atoms with Gasteiger partial charge in [-0.05, 0) is 63.0 Å². The molecule has 0 unspecified atom stereocenters. The van der Waals surface area contributed by atoms with Gasteiger partial charge < -0.3 is 42.7 Å². The van der Waals surface area contributed by atoms with E-state index in [1.807, 2.05) is 44.2 Å². The number of carbonyl (C=O) groups excluding carboxylic acids is 5. The lowest BCUT2D eigenvalue weighted by Gasteiger charge is -2.27. The molecule has 1 aliphatic rings. The second kappa shape index (κ2) is 18.6. The number of aliphatic carboxylic acids is 1. The zero-order valence-corrected chi connectivity index (χ0v) is 25.6. The Labute approximate surface area is 258 Å². The average Bonchev–Trinajstić information content (AvgIpc) is 3.48. The molecule has 14 nitrogen and oxygen atoms in total. The molecule has 5 amide bonds. The van der Waals surface area contributed by atoms with Crippen LogP contribution in [0.15, 0.2) is 30.3 Å². The van der Waals surface area contributed by atoms with E-state index in [1.165, 1.54) is 4.90 Å². The molecular formula is C30H47N7O7. The molecule has 1 heterocycles. The van der Waals surface area contributed by atoms with Crippen molar-refractivity contribution in [2.45, 2.75) is 83.0 Å². The molecule has 44 heavy (non-hydrogen) atoms. The van der Waals surface area contributed by atoms with Gasteiger partial charge in [0.25, 0.3) is 0 Å². The minimum absolute atomic E-state index is 0.0265. The highest BCUT2D eigenvalue weighted by Crippen LogP contribution is 2.18. The molecule has 14 heteroatoms. The fourth-order valence-corrected chi connectivity index (χ4v) is 4.98. The number of hydrogen-bond donors (Lipinski definition) is 7. The van der Waals surface area contributed by atoms with E-state index >= 15 is 0 Å². The molecule has 0 radical (unpaired) electrons. The summed E-state index contributed by atoms with van der Waals surface area (Å²) in [4.78, 5) is 76.9. The monoisotopic (exact) mass is 617 g/mol. The molecule has 244 valence electrons. The zero-order chi connectivity index (χ0) is 32.6. The van der Waals surface area contributed by atoms with Crippen LogP contribution in [-0.2, 0) is 35.2 Å². The van der Waals surface area contributed by atoms with E-state index in [9.17, 15) is 28.8 Å². The van der Waals surface area contributed by atoms with Gasteiger partial charge in [0, 0.05) is 6.54 Å². The lowest BCUT2D eigenvalue weighted by molar-refractivity contribution is -0.140. The molecule has 1 saturated heterocycles. The summed E-state index contributed by atoms with van der Waals surface area (Å²) in [5, 5.41) is 19.1. The van der Waals surface area contributed by atoms with E-state index in [0.29, 0.717) is 45.1 Å². The molecule has 0 aromatic heterocycles. The van der Waals surface area contributed by atoms with Crippen molar-refractivity contribution in [3.63, 3.8) is 0 Å². The first-order valence-electron chi connectivity index (χ1n) is 15.1. The maximum atomic E-state index is 13.1. The Bertz CT molecular complexity index is 1130. The maximum Gasteiger partial charge on any atom is 0.322 e. The number of benzene rings is 1. The van der Waals surface area contributed by atoms with Gasteiger partial charge in [-0.15, -0.1) is 0 Å². The van der Waals surface area contributed by atoms with Crippen molar-refractivity contribution >= 4 is 35.5 Å². The number of nitrogens with one attached hydrogen (secondary N) is 4. The molecule has 0 saturated carbocycles. The van der Waals surface area contributed by atoms with Gasteiger partial charge in [-0.25, -0.2) is 0 Å². The lowest BCUT2D eigenvalue weighted by atomic mass is 10.0. The summed E-state index contributed by atoms with van der Waals surface area (Å²) in [7, 11) is 0. The molecular weight excluding hydrogens is 570 g/mol. The number of hydrogen-bond acceptors (Lipinski definition) is 8. The van der Waals surface area contributed by atoms with Gasteiger partial charge in [0.2, 0.25) is 29.5 Å². The summed E-state index contributed by atoms with van der Waals surface area (Å²) in [6.07, 6.45) is 3.01. The second-order valence-electron chi connectivity index (χ2n) is 11.4. The SMILES string of the molecule is CC(C)C[C@H](NC(=O)[C@@H]1CCCN1C(=O)CNC(=O)[C@H](CCCCN)NC(=O)[C@@H](N)Cc1ccccc1)C(=O)NCC(=O)O. The van der Waals surface area contributed by atoms with Gasteiger partial charge in [0.1, 0.15) is 24.7 Å². The Kier molecular flexibility index (Phi) is 15.3. The Hall–Kier alpha value is -4.04. The van der Waals surface area contributed by atoms with Crippen LogP contribution in [0.2, 0.25) is 0 Å². The van der Waals surface area contributed by atoms with Crippen molar-refractivity contribution in [1.82, 2.24) is 26.2 Å². The molecule has 1 fully saturated rings. The third-order valence-electron chi connectivity index (χ3n) is 7.26. The Balaban J connectivity index is 1.99. The van der Waals surface area contributed by atoms with Crippen molar-refractivity contribution in [2.24, 2.45) is 17.4 Å². The van der Waals surface area contributed by atoms with Crippen LogP contribution >= 0.6 is 0 Å². The number of amides is 5. The fraction of sp³-hybridized carbons (Fsp3) is 0.600. The number of carboxylic acid groups (broad SMARTS) is 1. The summed E-state index contributed by atoms with van der Waals surface area (Å²) >= 11 is 0. The molecule has 1 aromatic carbocycles. The molecule has 0 spiro atoms. The highest BCUT2D eigenvalue weighted by atomic mass is 16.4. The zero-order valence-electron chi connectivity index (χ0n) is 25.6. The average molecular weight is 618 g/mol. The lowest BCUT2D eigenvalue weighted by Crippen LogP contribution is -2.56. The molecule has 1 aromatic rings. The van der Waals surface area contributed by atoms with Gasteiger partial charge in [0.05, 0.1) is 12.6 Å². The van der Waals surface area contributed by atoms with Crippen LogP contribution in [0.4, 0.5) is 0 Å². The van der Waals surface area contributed by atoms with E-state index in [-0.39, 0.29) is 18.9 Å². The van der Waals surface area contributed by atoms with Gasteiger partial charge in [-0.1, -0.05) is 44.2 Å². The van der Waals surface area contributed by atoms with Crippen molar-refractivity contribution in [2.75, 3.05) is 26.2 Å². The Morgan fingerprint density at radius 1 is 0.932 bits per heavy atom. The third kappa shape index (κ3) is 12.3. The molecule has 2 rings (SSSR count). The topological polar surface area (TPSA) is 226 Å². The molecule has 1 aliphatic heterocycles. The van der Waals surface area contributed by atoms with Crippen molar-refractivity contribution in [1.29, 1.82) is 0 Å². The number of unbranched alkanes of at least 4 members (excludes halogenated alkanes) is 1. The van der Waals surface area contributed by atoms with E-state index in [4.69, 9.17) is 16.6 Å². The number of nitrogens with zero attached hydrogens (tertiary/aromatic N) is 1. The van der Waals surface area contributed by atoms with Gasteiger partial charge in [0.15, 0.2) is 0 Å². The van der Waals surface area contributed by atoms with Crippen LogP contribution in [-0.4, -0.2) is 95.9 Å². The largest absolute Gasteiger partial charge is 0.480 e. The Morgan fingerprint density at radius 2 is 1.59 bits per heavy atom. The molecule has 9 N–H and O–H groups in total. The van der Waals surface area contributed by atoms with Crippen LogP contribution in [0, 0.1) is 5.92 Å². The van der Waals surface area contributed by atoms with E-state index in [0.717, 1.165) is 5.56 Å². The fourth-order valence-electron chi connectivity index (χ4n) is 4.98. The predicted molar refractivity (Wildman–Crippen MR) is 163 cm³/mol. The highest BCUT2D eigenvalue weighted by Gasteiger charge is 2.36. The number of carboxylic acids is 1. The van der Waals surface area contributed by atoms with Crippen LogP contribution in [0.1, 0.15) is 57.9 Å². The van der Waals surface area contributed by atoms with E-state index in [1.54, 1.807) is 0 Å². The number of likely N-dealkylation sites (tertiary alicyclic amines) is 1. The van der Waals surface area contributed by atoms with E-state index < -0.39 is 72.8 Å². The van der Waals surface area contributed by atoms with Gasteiger partial charge >= 0.3 is 5.97 Å². The van der Waals surface area contributed by atoms with Crippen LogP contribution < -0.4 is 32.7 Å². The first kappa shape index (κ1) is 36.2. The predicted octanol–water partition coefficient (Wildman–Crippen LogP) is -0.991. The normalized spacial score (nSPS) is 16.5. The molecule has 4 atom stereocenters. The first-order valence-corrected chi connectivity index (χ1v) is 15.1. The summed E-state index contributed by atoms with van der Waals surface area (Å²) in [5.74, 6) is -3.87. The van der Waals surface area contributed by atoms with Gasteiger partial charge in [-0.2, -0.15) is 0 Å². The van der Waals surface area contributed by atoms with Crippen molar-refractivity contribution in [3.05, 3.63) is 35.9 Å². The highest BCUT2D eigenvalue weighted by molar-refractivity contribution is 5.95. The summed E-state index contributed by atoms with van der Waals surface area (Å²) in [5.41, 5.74) is 12.6. The van der Waals surface area contributed by atoms with Crippen molar-refractivity contribution in [3.8, 4) is 0 Å². The molecule has 0 bridgehead atoms. The second-order valence-corrected chi connectivity index (χ2v) is 11.4. The third-order valence-corrected chi connectivity index (χ3v) is 7.26. The van der Waals surface area contributed by atoms with Crippen LogP contribution in [0.3, 0.4) is 0 Å². The smallest absolute Gasteiger partial charge is 0.322 e. The number of nitrogens with two attached hydrogens (primary N) is 2. The maximum absolute atomic E-state index is 13.1.